The summed E-state index contributed by atoms with van der Waals surface area (Å²) in [4.78, 5) is -0.592. The Labute approximate surface area is 136 Å². The first-order valence-electron chi connectivity index (χ1n) is 6.25. The van der Waals surface area contributed by atoms with Gasteiger partial charge < -0.3 is 5.32 Å². The lowest BCUT2D eigenvalue weighted by Gasteiger charge is -2.18. The zero-order valence-corrected chi connectivity index (χ0v) is 14.1. The van der Waals surface area contributed by atoms with Crippen molar-refractivity contribution in [1.82, 2.24) is 9.62 Å². The van der Waals surface area contributed by atoms with E-state index in [9.17, 15) is 17.2 Å². The molecule has 0 amide bonds. The first-order valence-corrected chi connectivity index (χ1v) is 8.48. The minimum absolute atomic E-state index is 0. The maximum absolute atomic E-state index is 13.9. The molecule has 2 aliphatic heterocycles. The van der Waals surface area contributed by atoms with Gasteiger partial charge in [-0.2, -0.15) is 4.31 Å². The maximum atomic E-state index is 13.9. The van der Waals surface area contributed by atoms with Crippen molar-refractivity contribution in [3.05, 3.63) is 28.2 Å². The lowest BCUT2D eigenvalue weighted by Crippen LogP contribution is -2.32. The Kier molecular flexibility index (Phi) is 4.94. The van der Waals surface area contributed by atoms with Crippen LogP contribution < -0.4 is 5.32 Å². The van der Waals surface area contributed by atoms with E-state index in [1.54, 1.807) is 0 Å². The number of rotatable bonds is 2. The Balaban J connectivity index is 0.00000161. The molecule has 0 unspecified atom stereocenters. The largest absolute Gasteiger partial charge is 0.316 e. The van der Waals surface area contributed by atoms with Crippen molar-refractivity contribution in [1.29, 1.82) is 0 Å². The van der Waals surface area contributed by atoms with Crippen molar-refractivity contribution in [3.63, 3.8) is 0 Å². The molecule has 0 aliphatic carbocycles. The SMILES string of the molecule is Cl.O=S(=O)(c1cc(F)c(Br)cc1F)N1C[C@H]2CNC[C@H]2C1. The van der Waals surface area contributed by atoms with Crippen LogP contribution in [-0.4, -0.2) is 38.9 Å². The third kappa shape index (κ3) is 2.96. The molecule has 9 heteroatoms. The molecule has 118 valence electrons. The smallest absolute Gasteiger partial charge is 0.246 e. The number of benzene rings is 1. The molecular formula is C12H14BrClF2N2O2S. The normalized spacial score (nSPS) is 25.7. The van der Waals surface area contributed by atoms with Crippen LogP contribution in [0, 0.1) is 23.5 Å². The highest BCUT2D eigenvalue weighted by Gasteiger charge is 2.42. The monoisotopic (exact) mass is 402 g/mol. The molecule has 1 aromatic carbocycles. The molecule has 2 saturated heterocycles. The Hall–Kier alpha value is -0.280. The Morgan fingerprint density at radius 3 is 2.29 bits per heavy atom. The van der Waals surface area contributed by atoms with Gasteiger partial charge in [0.05, 0.1) is 4.47 Å². The van der Waals surface area contributed by atoms with Gasteiger partial charge in [-0.05, 0) is 53.0 Å². The van der Waals surface area contributed by atoms with Crippen LogP contribution in [0.3, 0.4) is 0 Å². The number of halogens is 4. The number of hydrogen-bond donors (Lipinski definition) is 1. The van der Waals surface area contributed by atoms with Crippen LogP contribution in [0.1, 0.15) is 0 Å². The summed E-state index contributed by atoms with van der Waals surface area (Å²) in [6.07, 6.45) is 0. The van der Waals surface area contributed by atoms with Gasteiger partial charge in [-0.3, -0.25) is 0 Å². The van der Waals surface area contributed by atoms with Gasteiger partial charge in [0.25, 0.3) is 0 Å². The third-order valence-corrected chi connectivity index (χ3v) is 6.40. The quantitative estimate of drug-likeness (QED) is 0.769. The van der Waals surface area contributed by atoms with E-state index < -0.39 is 26.6 Å². The van der Waals surface area contributed by atoms with E-state index in [1.807, 2.05) is 0 Å². The first kappa shape index (κ1) is 17.1. The first-order chi connectivity index (χ1) is 9.39. The molecule has 2 aliphatic rings. The molecule has 0 saturated carbocycles. The van der Waals surface area contributed by atoms with Gasteiger partial charge in [0.1, 0.15) is 16.5 Å². The predicted octanol–water partition coefficient (Wildman–Crippen LogP) is 1.99. The second-order valence-electron chi connectivity index (χ2n) is 5.20. The standard InChI is InChI=1S/C12H13BrF2N2O2S.ClH/c13-9-1-11(15)12(2-10(9)14)20(18,19)17-5-7-3-16-4-8(7)6-17;/h1-2,7-8,16H,3-6H2;1H/t7-,8+;. The zero-order chi connectivity index (χ0) is 14.5. The van der Waals surface area contributed by atoms with E-state index in [4.69, 9.17) is 0 Å². The highest BCUT2D eigenvalue weighted by molar-refractivity contribution is 9.10. The molecule has 0 aromatic heterocycles. The van der Waals surface area contributed by atoms with Gasteiger partial charge in [0.15, 0.2) is 0 Å². The summed E-state index contributed by atoms with van der Waals surface area (Å²) in [5, 5.41) is 3.20. The molecule has 0 radical (unpaired) electrons. The second-order valence-corrected chi connectivity index (χ2v) is 7.96. The zero-order valence-electron chi connectivity index (χ0n) is 10.9. The van der Waals surface area contributed by atoms with E-state index in [0.717, 1.165) is 25.2 Å². The predicted molar refractivity (Wildman–Crippen MR) is 79.9 cm³/mol. The second kappa shape index (κ2) is 6.08. The summed E-state index contributed by atoms with van der Waals surface area (Å²) in [6.45, 7) is 2.26. The minimum atomic E-state index is -3.98. The lowest BCUT2D eigenvalue weighted by atomic mass is 10.0. The molecular weight excluding hydrogens is 390 g/mol. The minimum Gasteiger partial charge on any atom is -0.316 e. The Morgan fingerprint density at radius 2 is 1.71 bits per heavy atom. The van der Waals surface area contributed by atoms with Crippen LogP contribution in [0.5, 0.6) is 0 Å². The van der Waals surface area contributed by atoms with Crippen LogP contribution in [0.15, 0.2) is 21.5 Å². The molecule has 0 spiro atoms. The van der Waals surface area contributed by atoms with Crippen LogP contribution in [0.2, 0.25) is 0 Å². The van der Waals surface area contributed by atoms with Crippen LogP contribution >= 0.6 is 28.3 Å². The van der Waals surface area contributed by atoms with E-state index in [-0.39, 0.29) is 28.7 Å². The highest BCUT2D eigenvalue weighted by atomic mass is 79.9. The molecule has 2 heterocycles. The van der Waals surface area contributed by atoms with Crippen molar-refractivity contribution in [2.75, 3.05) is 26.2 Å². The number of fused-ring (bicyclic) bond motifs is 1. The fraction of sp³-hybridized carbons (Fsp3) is 0.500. The average Bonchev–Trinajstić information content (AvgIpc) is 2.94. The molecule has 2 atom stereocenters. The highest BCUT2D eigenvalue weighted by Crippen LogP contribution is 2.32. The van der Waals surface area contributed by atoms with Crippen LogP contribution in [0.25, 0.3) is 0 Å². The van der Waals surface area contributed by atoms with Crippen LogP contribution in [-0.2, 0) is 10.0 Å². The van der Waals surface area contributed by atoms with E-state index in [1.165, 1.54) is 4.31 Å². The lowest BCUT2D eigenvalue weighted by molar-refractivity contribution is 0.441. The van der Waals surface area contributed by atoms with Gasteiger partial charge >= 0.3 is 0 Å². The van der Waals surface area contributed by atoms with Gasteiger partial charge in [0.2, 0.25) is 10.0 Å². The molecule has 4 nitrogen and oxygen atoms in total. The summed E-state index contributed by atoms with van der Waals surface area (Å²) in [7, 11) is -3.98. The molecule has 1 N–H and O–H groups in total. The van der Waals surface area contributed by atoms with E-state index in [2.05, 4.69) is 21.2 Å². The van der Waals surface area contributed by atoms with Crippen molar-refractivity contribution < 1.29 is 17.2 Å². The Morgan fingerprint density at radius 1 is 1.14 bits per heavy atom. The van der Waals surface area contributed by atoms with Gasteiger partial charge in [-0.15, -0.1) is 12.4 Å². The van der Waals surface area contributed by atoms with Gasteiger partial charge in [-0.25, -0.2) is 17.2 Å². The number of sulfonamides is 1. The molecule has 1 aromatic rings. The molecule has 0 bridgehead atoms. The third-order valence-electron chi connectivity index (χ3n) is 3.95. The molecule has 21 heavy (non-hydrogen) atoms. The fourth-order valence-corrected chi connectivity index (χ4v) is 4.78. The molecule has 2 fully saturated rings. The number of nitrogens with one attached hydrogen (secondary N) is 1. The van der Waals surface area contributed by atoms with Gasteiger partial charge in [-0.1, -0.05) is 0 Å². The number of hydrogen-bond acceptors (Lipinski definition) is 3. The number of nitrogens with zero attached hydrogens (tertiary/aromatic N) is 1. The maximum Gasteiger partial charge on any atom is 0.246 e. The molecule has 3 rings (SSSR count). The average molecular weight is 404 g/mol. The summed E-state index contributed by atoms with van der Waals surface area (Å²) >= 11 is 2.84. The summed E-state index contributed by atoms with van der Waals surface area (Å²) < 4.78 is 53.4. The van der Waals surface area contributed by atoms with Crippen molar-refractivity contribution >= 4 is 38.4 Å². The van der Waals surface area contributed by atoms with Crippen LogP contribution in [0.4, 0.5) is 8.78 Å². The fourth-order valence-electron chi connectivity index (χ4n) is 2.85. The van der Waals surface area contributed by atoms with Crippen molar-refractivity contribution in [3.8, 4) is 0 Å². The summed E-state index contributed by atoms with van der Waals surface area (Å²) in [5.74, 6) is -1.21. The van der Waals surface area contributed by atoms with Gasteiger partial charge in [0, 0.05) is 13.1 Å². The Bertz CT molecular complexity index is 647. The van der Waals surface area contributed by atoms with Crippen molar-refractivity contribution in [2.24, 2.45) is 11.8 Å². The van der Waals surface area contributed by atoms with E-state index in [0.29, 0.717) is 13.1 Å². The van der Waals surface area contributed by atoms with Crippen molar-refractivity contribution in [2.45, 2.75) is 4.90 Å². The van der Waals surface area contributed by atoms with E-state index >= 15 is 0 Å². The topological polar surface area (TPSA) is 49.4 Å². The summed E-state index contributed by atoms with van der Waals surface area (Å²) in [5.41, 5.74) is 0. The summed E-state index contributed by atoms with van der Waals surface area (Å²) in [6, 6.07) is 1.59.